The van der Waals surface area contributed by atoms with Gasteiger partial charge in [0.15, 0.2) is 0 Å². The van der Waals surface area contributed by atoms with E-state index in [2.05, 4.69) is 52.8 Å². The van der Waals surface area contributed by atoms with Crippen molar-refractivity contribution in [1.82, 2.24) is 14.9 Å². The Kier molecular flexibility index (Phi) is 4.41. The lowest BCUT2D eigenvalue weighted by Crippen LogP contribution is -2.20. The van der Waals surface area contributed by atoms with Gasteiger partial charge in [-0.05, 0) is 50.5 Å². The summed E-state index contributed by atoms with van der Waals surface area (Å²) in [6.07, 6.45) is 4.68. The average molecular weight is 379 g/mol. The number of aromatic nitrogens is 2. The number of hydrogen-bond donors (Lipinski definition) is 1. The summed E-state index contributed by atoms with van der Waals surface area (Å²) in [5.41, 5.74) is 1.27. The minimum absolute atomic E-state index is 0.271. The molecule has 0 aliphatic carbocycles. The van der Waals surface area contributed by atoms with Crippen LogP contribution in [0.15, 0.2) is 26.0 Å². The van der Waals surface area contributed by atoms with Crippen molar-refractivity contribution in [2.45, 2.75) is 12.5 Å². The van der Waals surface area contributed by atoms with Crippen molar-refractivity contribution >= 4 is 43.2 Å². The summed E-state index contributed by atoms with van der Waals surface area (Å²) >= 11 is 8.81. The van der Waals surface area contributed by atoms with Crippen LogP contribution in [0.25, 0.3) is 0 Å². The average Bonchev–Trinajstić information content (AvgIpc) is 2.82. The normalized spacial score (nSPS) is 12.9. The third-order valence-corrected chi connectivity index (χ3v) is 5.10. The second-order valence-electron chi connectivity index (χ2n) is 3.78. The van der Waals surface area contributed by atoms with Gasteiger partial charge >= 0.3 is 0 Å². The third-order valence-electron chi connectivity index (χ3n) is 2.71. The highest BCUT2D eigenvalue weighted by atomic mass is 79.9. The molecule has 0 aliphatic heterocycles. The molecule has 0 saturated carbocycles. The molecule has 3 nitrogen and oxygen atoms in total. The van der Waals surface area contributed by atoms with Gasteiger partial charge in [0.1, 0.15) is 5.82 Å². The van der Waals surface area contributed by atoms with E-state index in [-0.39, 0.29) is 6.04 Å². The monoisotopic (exact) mass is 377 g/mol. The number of rotatable bonds is 4. The number of halogens is 2. The molecule has 0 radical (unpaired) electrons. The van der Waals surface area contributed by atoms with Crippen molar-refractivity contribution in [2.75, 3.05) is 7.05 Å². The van der Waals surface area contributed by atoms with Crippen LogP contribution in [-0.4, -0.2) is 16.6 Å². The standard InChI is InChI=1S/C11H13Br2N3S/c1-14-8(6-10-15-3-4-16(10)2)7-5-9(12)17-11(7)13/h3-5,8,14H,6H2,1-2H3. The summed E-state index contributed by atoms with van der Waals surface area (Å²) in [6.45, 7) is 0. The zero-order chi connectivity index (χ0) is 12.4. The Morgan fingerprint density at radius 1 is 1.53 bits per heavy atom. The summed E-state index contributed by atoms with van der Waals surface area (Å²) in [5, 5.41) is 3.34. The van der Waals surface area contributed by atoms with Gasteiger partial charge in [-0.15, -0.1) is 11.3 Å². The lowest BCUT2D eigenvalue weighted by atomic mass is 10.1. The molecule has 17 heavy (non-hydrogen) atoms. The highest BCUT2D eigenvalue weighted by Gasteiger charge is 2.17. The zero-order valence-electron chi connectivity index (χ0n) is 9.58. The van der Waals surface area contributed by atoms with Crippen LogP contribution in [0, 0.1) is 0 Å². The Labute approximate surface area is 122 Å². The van der Waals surface area contributed by atoms with Gasteiger partial charge in [0.05, 0.1) is 7.57 Å². The first kappa shape index (κ1) is 13.3. The fourth-order valence-electron chi connectivity index (χ4n) is 1.73. The Hall–Kier alpha value is -0.170. The maximum absolute atomic E-state index is 4.36. The van der Waals surface area contributed by atoms with Gasteiger partial charge in [-0.3, -0.25) is 0 Å². The van der Waals surface area contributed by atoms with Crippen molar-refractivity contribution in [3.8, 4) is 0 Å². The second kappa shape index (κ2) is 5.65. The molecule has 2 aromatic heterocycles. The summed E-state index contributed by atoms with van der Waals surface area (Å²) in [6, 6.07) is 2.42. The molecule has 0 fully saturated rings. The van der Waals surface area contributed by atoms with Crippen molar-refractivity contribution in [2.24, 2.45) is 7.05 Å². The molecular formula is C11H13Br2N3S. The maximum Gasteiger partial charge on any atom is 0.110 e. The first-order valence-electron chi connectivity index (χ1n) is 5.20. The van der Waals surface area contributed by atoms with E-state index in [9.17, 15) is 0 Å². The highest BCUT2D eigenvalue weighted by Crippen LogP contribution is 2.36. The van der Waals surface area contributed by atoms with E-state index >= 15 is 0 Å². The molecule has 0 bridgehead atoms. The molecule has 1 unspecified atom stereocenters. The number of imidazole rings is 1. The zero-order valence-corrected chi connectivity index (χ0v) is 13.6. The number of hydrogen-bond acceptors (Lipinski definition) is 3. The Bertz CT molecular complexity index is 507. The molecule has 2 aromatic rings. The summed E-state index contributed by atoms with van der Waals surface area (Å²) in [4.78, 5) is 4.36. The van der Waals surface area contributed by atoms with Crippen LogP contribution < -0.4 is 5.32 Å². The van der Waals surface area contributed by atoms with Crippen LogP contribution in [0.5, 0.6) is 0 Å². The first-order chi connectivity index (χ1) is 8.11. The van der Waals surface area contributed by atoms with E-state index in [1.54, 1.807) is 11.3 Å². The maximum atomic E-state index is 4.36. The predicted molar refractivity (Wildman–Crippen MR) is 78.4 cm³/mol. The molecule has 0 saturated heterocycles. The van der Waals surface area contributed by atoms with Gasteiger partial charge in [-0.1, -0.05) is 0 Å². The highest BCUT2D eigenvalue weighted by molar-refractivity contribution is 9.12. The number of nitrogens with zero attached hydrogens (tertiary/aromatic N) is 2. The Morgan fingerprint density at radius 3 is 2.76 bits per heavy atom. The van der Waals surface area contributed by atoms with Crippen LogP contribution >= 0.6 is 43.2 Å². The molecular weight excluding hydrogens is 366 g/mol. The summed E-state index contributed by atoms with van der Waals surface area (Å²) in [5.74, 6) is 1.08. The molecule has 0 spiro atoms. The van der Waals surface area contributed by atoms with E-state index in [0.29, 0.717) is 0 Å². The lowest BCUT2D eigenvalue weighted by Gasteiger charge is -2.15. The topological polar surface area (TPSA) is 29.9 Å². The number of nitrogens with one attached hydrogen (secondary N) is 1. The van der Waals surface area contributed by atoms with Crippen LogP contribution in [0.1, 0.15) is 17.4 Å². The fourth-order valence-corrected chi connectivity index (χ4v) is 4.71. The molecule has 1 N–H and O–H groups in total. The van der Waals surface area contributed by atoms with Gasteiger partial charge in [0, 0.05) is 31.9 Å². The van der Waals surface area contributed by atoms with Crippen LogP contribution in [0.3, 0.4) is 0 Å². The largest absolute Gasteiger partial charge is 0.338 e. The van der Waals surface area contributed by atoms with Crippen LogP contribution in [0.4, 0.5) is 0 Å². The molecule has 0 aromatic carbocycles. The SMILES string of the molecule is CNC(Cc1nccn1C)c1cc(Br)sc1Br. The van der Waals surface area contributed by atoms with E-state index < -0.39 is 0 Å². The van der Waals surface area contributed by atoms with Gasteiger partial charge in [-0.25, -0.2) is 4.98 Å². The first-order valence-corrected chi connectivity index (χ1v) is 7.60. The molecule has 1 atom stereocenters. The van der Waals surface area contributed by atoms with Gasteiger partial charge in [0.2, 0.25) is 0 Å². The fraction of sp³-hybridized carbons (Fsp3) is 0.364. The van der Waals surface area contributed by atoms with Crippen LogP contribution in [0.2, 0.25) is 0 Å². The van der Waals surface area contributed by atoms with Crippen molar-refractivity contribution in [3.05, 3.63) is 37.4 Å². The van der Waals surface area contributed by atoms with E-state index in [1.165, 1.54) is 5.56 Å². The lowest BCUT2D eigenvalue weighted by molar-refractivity contribution is 0.563. The smallest absolute Gasteiger partial charge is 0.110 e. The second-order valence-corrected chi connectivity index (χ2v) is 7.53. The molecule has 92 valence electrons. The summed E-state index contributed by atoms with van der Waals surface area (Å²) in [7, 11) is 4.00. The van der Waals surface area contributed by atoms with E-state index in [0.717, 1.165) is 19.8 Å². The third kappa shape index (κ3) is 2.99. The van der Waals surface area contributed by atoms with Gasteiger partial charge in [-0.2, -0.15) is 0 Å². The quantitative estimate of drug-likeness (QED) is 0.882. The van der Waals surface area contributed by atoms with E-state index in [4.69, 9.17) is 0 Å². The minimum atomic E-state index is 0.271. The molecule has 6 heteroatoms. The van der Waals surface area contributed by atoms with Crippen molar-refractivity contribution < 1.29 is 0 Å². The Balaban J connectivity index is 2.23. The molecule has 2 rings (SSSR count). The van der Waals surface area contributed by atoms with E-state index in [1.807, 2.05) is 26.5 Å². The molecule has 0 amide bonds. The predicted octanol–water partition coefficient (Wildman–Crippen LogP) is 3.51. The van der Waals surface area contributed by atoms with Crippen molar-refractivity contribution in [1.29, 1.82) is 0 Å². The van der Waals surface area contributed by atoms with Crippen LogP contribution in [-0.2, 0) is 13.5 Å². The minimum Gasteiger partial charge on any atom is -0.338 e. The number of aryl methyl sites for hydroxylation is 1. The number of likely N-dealkylation sites (N-methyl/N-ethyl adjacent to an activating group) is 1. The summed E-state index contributed by atoms with van der Waals surface area (Å²) < 4.78 is 4.36. The van der Waals surface area contributed by atoms with Gasteiger partial charge in [0.25, 0.3) is 0 Å². The molecule has 0 aliphatic rings. The molecule has 2 heterocycles. The van der Waals surface area contributed by atoms with Crippen molar-refractivity contribution in [3.63, 3.8) is 0 Å². The Morgan fingerprint density at radius 2 is 2.29 bits per heavy atom. The van der Waals surface area contributed by atoms with Gasteiger partial charge < -0.3 is 9.88 Å². The number of thiophene rings is 1.